The third-order valence-corrected chi connectivity index (χ3v) is 4.23. The zero-order valence-electron chi connectivity index (χ0n) is 16.5. The van der Waals surface area contributed by atoms with Crippen LogP contribution in [0.3, 0.4) is 0 Å². The van der Waals surface area contributed by atoms with Crippen LogP contribution < -0.4 is 10.1 Å². The molecule has 1 heterocycles. The summed E-state index contributed by atoms with van der Waals surface area (Å²) in [5, 5.41) is 6.54. The van der Waals surface area contributed by atoms with Gasteiger partial charge in [-0.15, -0.1) is 0 Å². The lowest BCUT2D eigenvalue weighted by atomic mass is 10.1. The minimum absolute atomic E-state index is 0.273. The van der Waals surface area contributed by atoms with Gasteiger partial charge in [-0.3, -0.25) is 4.79 Å². The molecule has 2 aromatic carbocycles. The van der Waals surface area contributed by atoms with Gasteiger partial charge in [-0.05, 0) is 56.7 Å². The number of aryl methyl sites for hydroxylation is 2. The lowest BCUT2D eigenvalue weighted by Gasteiger charge is -2.14. The summed E-state index contributed by atoms with van der Waals surface area (Å²) in [6.45, 7) is 5.00. The number of aromatic nitrogens is 1. The van der Waals surface area contributed by atoms with Crippen LogP contribution in [0.4, 0.5) is 5.69 Å². The first-order chi connectivity index (χ1) is 14.0. The topological polar surface area (TPSA) is 90.7 Å². The summed E-state index contributed by atoms with van der Waals surface area (Å²) in [6, 6.07) is 16.3. The molecule has 0 saturated heterocycles. The number of hydrogen-bond donors (Lipinski definition) is 1. The number of amides is 1. The Balaban J connectivity index is 1.58. The fourth-order valence-electron chi connectivity index (χ4n) is 2.67. The Morgan fingerprint density at radius 3 is 2.38 bits per heavy atom. The molecule has 7 nitrogen and oxygen atoms in total. The summed E-state index contributed by atoms with van der Waals surface area (Å²) >= 11 is 0. The Kier molecular flexibility index (Phi) is 6.29. The van der Waals surface area contributed by atoms with Crippen molar-refractivity contribution in [3.63, 3.8) is 0 Å². The Morgan fingerprint density at radius 1 is 1.07 bits per heavy atom. The molecule has 3 aromatic rings. The van der Waals surface area contributed by atoms with Crippen LogP contribution in [0.5, 0.6) is 11.5 Å². The van der Waals surface area contributed by atoms with Crippen molar-refractivity contribution >= 4 is 17.6 Å². The Bertz CT molecular complexity index is 980. The molecular formula is C22H22N2O5. The molecule has 0 aliphatic rings. The molecule has 7 heteroatoms. The molecule has 1 atom stereocenters. The summed E-state index contributed by atoms with van der Waals surface area (Å²) in [6.07, 6.45) is -0.457. The van der Waals surface area contributed by atoms with Crippen molar-refractivity contribution in [2.75, 3.05) is 5.32 Å². The lowest BCUT2D eigenvalue weighted by molar-refractivity contribution is -0.123. The minimum Gasteiger partial charge on any atom is -0.457 e. The normalized spacial score (nSPS) is 11.6. The average molecular weight is 394 g/mol. The molecule has 0 radical (unpaired) electrons. The zero-order valence-corrected chi connectivity index (χ0v) is 16.5. The molecule has 0 bridgehead atoms. The van der Waals surface area contributed by atoms with E-state index in [9.17, 15) is 9.59 Å². The number of nitrogens with zero attached hydrogens (tertiary/aromatic N) is 1. The molecule has 3 rings (SSSR count). The molecule has 150 valence electrons. The highest BCUT2D eigenvalue weighted by atomic mass is 16.5. The van der Waals surface area contributed by atoms with E-state index in [1.54, 1.807) is 31.2 Å². The fraction of sp³-hybridized carbons (Fsp3) is 0.227. The van der Waals surface area contributed by atoms with Crippen LogP contribution in [0.2, 0.25) is 0 Å². The van der Waals surface area contributed by atoms with E-state index in [0.717, 1.165) is 5.75 Å². The van der Waals surface area contributed by atoms with Crippen LogP contribution in [0, 0.1) is 6.92 Å². The smallest absolute Gasteiger partial charge is 0.344 e. The first-order valence-corrected chi connectivity index (χ1v) is 9.28. The fourth-order valence-corrected chi connectivity index (χ4v) is 2.67. The van der Waals surface area contributed by atoms with Crippen LogP contribution in [0.1, 0.15) is 35.7 Å². The Hall–Kier alpha value is -3.61. The maximum absolute atomic E-state index is 12.4. The number of anilines is 1. The molecule has 0 saturated carbocycles. The van der Waals surface area contributed by atoms with E-state index < -0.39 is 18.0 Å². The van der Waals surface area contributed by atoms with Gasteiger partial charge in [0.25, 0.3) is 5.91 Å². The summed E-state index contributed by atoms with van der Waals surface area (Å²) < 4.78 is 16.0. The van der Waals surface area contributed by atoms with E-state index in [1.807, 2.05) is 37.3 Å². The summed E-state index contributed by atoms with van der Waals surface area (Å²) in [7, 11) is 0. The second kappa shape index (κ2) is 9.05. The van der Waals surface area contributed by atoms with E-state index in [1.165, 1.54) is 6.92 Å². The van der Waals surface area contributed by atoms with Crippen LogP contribution in [-0.4, -0.2) is 23.1 Å². The van der Waals surface area contributed by atoms with Gasteiger partial charge in [0.2, 0.25) is 0 Å². The van der Waals surface area contributed by atoms with E-state index in [2.05, 4.69) is 10.5 Å². The van der Waals surface area contributed by atoms with Gasteiger partial charge in [0, 0.05) is 5.69 Å². The lowest BCUT2D eigenvalue weighted by Crippen LogP contribution is -2.30. The Morgan fingerprint density at radius 2 is 1.72 bits per heavy atom. The van der Waals surface area contributed by atoms with Crippen LogP contribution >= 0.6 is 0 Å². The van der Waals surface area contributed by atoms with E-state index in [-0.39, 0.29) is 5.56 Å². The Labute approximate surface area is 168 Å². The van der Waals surface area contributed by atoms with Gasteiger partial charge in [-0.25, -0.2) is 4.79 Å². The molecule has 0 aliphatic heterocycles. The zero-order chi connectivity index (χ0) is 20.8. The number of rotatable bonds is 7. The van der Waals surface area contributed by atoms with Crippen LogP contribution in [0.25, 0.3) is 0 Å². The van der Waals surface area contributed by atoms with E-state index in [4.69, 9.17) is 14.0 Å². The van der Waals surface area contributed by atoms with Gasteiger partial charge in [0.15, 0.2) is 6.10 Å². The molecule has 0 unspecified atom stereocenters. The van der Waals surface area contributed by atoms with E-state index in [0.29, 0.717) is 29.3 Å². The third kappa shape index (κ3) is 5.01. The number of esters is 1. The van der Waals surface area contributed by atoms with Crippen molar-refractivity contribution in [2.24, 2.45) is 0 Å². The average Bonchev–Trinajstić information content (AvgIpc) is 3.10. The summed E-state index contributed by atoms with van der Waals surface area (Å²) in [5.74, 6) is 0.662. The molecule has 1 aromatic heterocycles. The number of nitrogens with one attached hydrogen (secondary N) is 1. The molecule has 0 aliphatic carbocycles. The monoisotopic (exact) mass is 394 g/mol. The number of hydrogen-bond acceptors (Lipinski definition) is 6. The predicted molar refractivity (Wildman–Crippen MR) is 107 cm³/mol. The van der Waals surface area contributed by atoms with Crippen molar-refractivity contribution < 1.29 is 23.6 Å². The van der Waals surface area contributed by atoms with Crippen molar-refractivity contribution in [3.05, 3.63) is 71.6 Å². The molecule has 1 amide bonds. The molecule has 0 spiro atoms. The van der Waals surface area contributed by atoms with Crippen molar-refractivity contribution in [3.8, 4) is 11.5 Å². The minimum atomic E-state index is -0.984. The van der Waals surface area contributed by atoms with Crippen molar-refractivity contribution in [2.45, 2.75) is 33.3 Å². The van der Waals surface area contributed by atoms with Gasteiger partial charge >= 0.3 is 5.97 Å². The van der Waals surface area contributed by atoms with Crippen LogP contribution in [0.15, 0.2) is 59.1 Å². The van der Waals surface area contributed by atoms with Crippen molar-refractivity contribution in [1.29, 1.82) is 0 Å². The first-order valence-electron chi connectivity index (χ1n) is 9.28. The standard InChI is InChI=1S/C22H22N2O5/c1-4-19-20(14(2)29-24-19)22(26)27-15(3)21(25)23-16-10-12-18(13-11-16)28-17-8-6-5-7-9-17/h5-13,15H,4H2,1-3H3,(H,23,25)/t15-/m0/s1. The van der Waals surface area contributed by atoms with Gasteiger partial charge in [-0.2, -0.15) is 0 Å². The summed E-state index contributed by atoms with van der Waals surface area (Å²) in [5.41, 5.74) is 1.34. The molecular weight excluding hydrogens is 372 g/mol. The predicted octanol–water partition coefficient (Wildman–Crippen LogP) is 4.52. The second-order valence-electron chi connectivity index (χ2n) is 6.39. The van der Waals surface area contributed by atoms with Crippen LogP contribution in [-0.2, 0) is 16.0 Å². The van der Waals surface area contributed by atoms with E-state index >= 15 is 0 Å². The highest BCUT2D eigenvalue weighted by Crippen LogP contribution is 2.23. The first kappa shape index (κ1) is 20.1. The molecule has 29 heavy (non-hydrogen) atoms. The SMILES string of the molecule is CCc1noc(C)c1C(=O)O[C@@H](C)C(=O)Nc1ccc(Oc2ccccc2)cc1. The largest absolute Gasteiger partial charge is 0.457 e. The number of carbonyl (C=O) groups excluding carboxylic acids is 2. The molecule has 0 fully saturated rings. The maximum Gasteiger partial charge on any atom is 0.344 e. The number of benzene rings is 2. The number of para-hydroxylation sites is 1. The number of ether oxygens (including phenoxy) is 2. The quantitative estimate of drug-likeness (QED) is 0.593. The van der Waals surface area contributed by atoms with Gasteiger partial charge in [0.1, 0.15) is 22.8 Å². The highest BCUT2D eigenvalue weighted by Gasteiger charge is 2.25. The van der Waals surface area contributed by atoms with Gasteiger partial charge in [0.05, 0.1) is 5.69 Å². The summed E-state index contributed by atoms with van der Waals surface area (Å²) in [4.78, 5) is 24.7. The second-order valence-corrected chi connectivity index (χ2v) is 6.39. The van der Waals surface area contributed by atoms with Crippen molar-refractivity contribution in [1.82, 2.24) is 5.16 Å². The van der Waals surface area contributed by atoms with Gasteiger partial charge in [-0.1, -0.05) is 30.3 Å². The number of carbonyl (C=O) groups is 2. The third-order valence-electron chi connectivity index (χ3n) is 4.23. The maximum atomic E-state index is 12.4. The van der Waals surface area contributed by atoms with Gasteiger partial charge < -0.3 is 19.3 Å². The highest BCUT2D eigenvalue weighted by molar-refractivity contribution is 5.98. The molecule has 1 N–H and O–H groups in total.